The maximum absolute atomic E-state index is 13.4. The third-order valence-electron chi connectivity index (χ3n) is 2.91. The normalized spacial score (nSPS) is 11.0. The molecule has 1 N–H and O–H groups in total. The van der Waals surface area contributed by atoms with E-state index in [1.807, 2.05) is 13.1 Å². The Morgan fingerprint density at radius 2 is 2.00 bits per heavy atom. The lowest BCUT2D eigenvalue weighted by Gasteiger charge is -2.12. The van der Waals surface area contributed by atoms with E-state index in [4.69, 9.17) is 4.74 Å². The average molecular weight is 353 g/mol. The zero-order valence-corrected chi connectivity index (χ0v) is 13.9. The van der Waals surface area contributed by atoms with E-state index in [1.54, 1.807) is 6.07 Å². The number of halogens is 2. The van der Waals surface area contributed by atoms with Gasteiger partial charge in [0.15, 0.2) is 0 Å². The first-order valence-electron chi connectivity index (χ1n) is 6.77. The number of rotatable bonds is 5. The molecule has 112 valence electrons. The summed E-state index contributed by atoms with van der Waals surface area (Å²) in [4.78, 5) is 4.48. The zero-order valence-electron chi connectivity index (χ0n) is 12.3. The Labute approximate surface area is 132 Å². The molecule has 0 aliphatic heterocycles. The molecule has 0 atom stereocenters. The lowest BCUT2D eigenvalue weighted by Crippen LogP contribution is -2.07. The van der Waals surface area contributed by atoms with Crippen LogP contribution in [0.15, 0.2) is 34.8 Å². The molecule has 0 spiro atoms. The van der Waals surface area contributed by atoms with Crippen molar-refractivity contribution >= 4 is 15.9 Å². The van der Waals surface area contributed by atoms with Crippen LogP contribution in [0.5, 0.6) is 11.6 Å². The van der Waals surface area contributed by atoms with E-state index in [0.29, 0.717) is 22.0 Å². The van der Waals surface area contributed by atoms with Crippen LogP contribution in [0, 0.1) is 5.82 Å². The minimum atomic E-state index is -0.352. The van der Waals surface area contributed by atoms with Gasteiger partial charge >= 0.3 is 0 Å². The second-order valence-electron chi connectivity index (χ2n) is 5.13. The largest absolute Gasteiger partial charge is 0.439 e. The molecule has 0 saturated heterocycles. The summed E-state index contributed by atoms with van der Waals surface area (Å²) in [6.07, 6.45) is 0. The number of ether oxygens (including phenoxy) is 1. The maximum atomic E-state index is 13.4. The van der Waals surface area contributed by atoms with Crippen LogP contribution >= 0.6 is 15.9 Å². The fourth-order valence-corrected chi connectivity index (χ4v) is 2.39. The van der Waals surface area contributed by atoms with Gasteiger partial charge in [0.25, 0.3) is 0 Å². The molecule has 0 bridgehead atoms. The van der Waals surface area contributed by atoms with Gasteiger partial charge in [-0.15, -0.1) is 0 Å². The Hall–Kier alpha value is -1.46. The molecule has 0 unspecified atom stereocenters. The number of nitrogens with one attached hydrogen (secondary N) is 1. The van der Waals surface area contributed by atoms with Crippen molar-refractivity contribution in [1.82, 2.24) is 10.3 Å². The standard InChI is InChI=1S/C16H18BrFN2O/c1-10(2)15-4-11(9-19-3)5-16(20-15)21-14-7-12(17)6-13(18)8-14/h4-8,10,19H,9H2,1-3H3. The SMILES string of the molecule is CNCc1cc(Oc2cc(F)cc(Br)c2)nc(C(C)C)c1. The quantitative estimate of drug-likeness (QED) is 0.852. The summed E-state index contributed by atoms with van der Waals surface area (Å²) >= 11 is 3.25. The predicted octanol–water partition coefficient (Wildman–Crippen LogP) is 4.62. The molecular weight excluding hydrogens is 335 g/mol. The van der Waals surface area contributed by atoms with Gasteiger partial charge < -0.3 is 10.1 Å². The van der Waals surface area contributed by atoms with Gasteiger partial charge in [0.05, 0.1) is 0 Å². The predicted molar refractivity (Wildman–Crippen MR) is 85.3 cm³/mol. The van der Waals surface area contributed by atoms with Crippen LogP contribution < -0.4 is 10.1 Å². The van der Waals surface area contributed by atoms with Crippen molar-refractivity contribution in [2.24, 2.45) is 0 Å². The van der Waals surface area contributed by atoms with Crippen molar-refractivity contribution < 1.29 is 9.13 Å². The molecule has 2 aromatic rings. The van der Waals surface area contributed by atoms with Crippen molar-refractivity contribution in [3.8, 4) is 11.6 Å². The third kappa shape index (κ3) is 4.51. The molecule has 2 rings (SSSR count). The van der Waals surface area contributed by atoms with Gasteiger partial charge in [-0.3, -0.25) is 0 Å². The highest BCUT2D eigenvalue weighted by atomic mass is 79.9. The van der Waals surface area contributed by atoms with Crippen molar-refractivity contribution in [1.29, 1.82) is 0 Å². The lowest BCUT2D eigenvalue weighted by atomic mass is 10.1. The lowest BCUT2D eigenvalue weighted by molar-refractivity contribution is 0.453. The Morgan fingerprint density at radius 1 is 1.24 bits per heavy atom. The highest BCUT2D eigenvalue weighted by Crippen LogP contribution is 2.27. The highest BCUT2D eigenvalue weighted by molar-refractivity contribution is 9.10. The van der Waals surface area contributed by atoms with Gasteiger partial charge in [-0.2, -0.15) is 0 Å². The molecule has 0 aliphatic rings. The fourth-order valence-electron chi connectivity index (χ4n) is 1.94. The van der Waals surface area contributed by atoms with Crippen molar-refractivity contribution in [3.63, 3.8) is 0 Å². The van der Waals surface area contributed by atoms with Gasteiger partial charge in [-0.25, -0.2) is 9.37 Å². The molecule has 1 heterocycles. The van der Waals surface area contributed by atoms with E-state index in [-0.39, 0.29) is 5.82 Å². The average Bonchev–Trinajstić information content (AvgIpc) is 2.37. The third-order valence-corrected chi connectivity index (χ3v) is 3.37. The first-order valence-corrected chi connectivity index (χ1v) is 7.56. The summed E-state index contributed by atoms with van der Waals surface area (Å²) in [7, 11) is 1.89. The Morgan fingerprint density at radius 3 is 2.62 bits per heavy atom. The molecule has 0 saturated carbocycles. The van der Waals surface area contributed by atoms with Gasteiger partial charge in [0.1, 0.15) is 11.6 Å². The molecule has 0 amide bonds. The molecule has 0 radical (unpaired) electrons. The van der Waals surface area contributed by atoms with Gasteiger partial charge in [0, 0.05) is 28.8 Å². The maximum Gasteiger partial charge on any atom is 0.219 e. The number of pyridine rings is 1. The summed E-state index contributed by atoms with van der Waals surface area (Å²) in [6, 6.07) is 8.35. The van der Waals surface area contributed by atoms with Crippen molar-refractivity contribution in [2.45, 2.75) is 26.3 Å². The monoisotopic (exact) mass is 352 g/mol. The Kier molecular flexibility index (Phi) is 5.31. The summed E-state index contributed by atoms with van der Waals surface area (Å²) in [5, 5.41) is 3.11. The number of benzene rings is 1. The summed E-state index contributed by atoms with van der Waals surface area (Å²) < 4.78 is 19.7. The van der Waals surface area contributed by atoms with Crippen LogP contribution in [-0.4, -0.2) is 12.0 Å². The van der Waals surface area contributed by atoms with Crippen LogP contribution in [0.1, 0.15) is 31.0 Å². The molecule has 3 nitrogen and oxygen atoms in total. The van der Waals surface area contributed by atoms with E-state index in [9.17, 15) is 4.39 Å². The van der Waals surface area contributed by atoms with Crippen LogP contribution in [0.2, 0.25) is 0 Å². The first-order chi connectivity index (χ1) is 9.97. The summed E-state index contributed by atoms with van der Waals surface area (Å²) in [6.45, 7) is 4.88. The number of nitrogens with zero attached hydrogens (tertiary/aromatic N) is 1. The van der Waals surface area contributed by atoms with Gasteiger partial charge in [-0.1, -0.05) is 29.8 Å². The molecular formula is C16H18BrFN2O. The number of hydrogen-bond donors (Lipinski definition) is 1. The van der Waals surface area contributed by atoms with E-state index >= 15 is 0 Å². The second kappa shape index (κ2) is 7.00. The van der Waals surface area contributed by atoms with E-state index in [0.717, 1.165) is 17.8 Å². The Balaban J connectivity index is 2.33. The van der Waals surface area contributed by atoms with Crippen molar-refractivity contribution in [3.05, 3.63) is 51.9 Å². The van der Waals surface area contributed by atoms with Crippen molar-refractivity contribution in [2.75, 3.05) is 7.05 Å². The van der Waals surface area contributed by atoms with E-state index in [1.165, 1.54) is 12.1 Å². The minimum Gasteiger partial charge on any atom is -0.439 e. The van der Waals surface area contributed by atoms with E-state index < -0.39 is 0 Å². The minimum absolute atomic E-state index is 0.295. The van der Waals surface area contributed by atoms with Crippen LogP contribution in [0.3, 0.4) is 0 Å². The molecule has 1 aromatic heterocycles. The number of hydrogen-bond acceptors (Lipinski definition) is 3. The zero-order chi connectivity index (χ0) is 15.4. The van der Waals surface area contributed by atoms with Crippen LogP contribution in [0.4, 0.5) is 4.39 Å². The molecule has 0 fully saturated rings. The number of aromatic nitrogens is 1. The highest BCUT2D eigenvalue weighted by Gasteiger charge is 2.09. The second-order valence-corrected chi connectivity index (χ2v) is 6.05. The topological polar surface area (TPSA) is 34.1 Å². The summed E-state index contributed by atoms with van der Waals surface area (Å²) in [5.74, 6) is 0.841. The molecule has 1 aromatic carbocycles. The fraction of sp³-hybridized carbons (Fsp3) is 0.312. The molecule has 21 heavy (non-hydrogen) atoms. The van der Waals surface area contributed by atoms with Gasteiger partial charge in [-0.05, 0) is 36.7 Å². The van der Waals surface area contributed by atoms with Crippen LogP contribution in [0.25, 0.3) is 0 Å². The summed E-state index contributed by atoms with van der Waals surface area (Å²) in [5.41, 5.74) is 2.04. The first kappa shape index (κ1) is 15.9. The molecule has 5 heteroatoms. The molecule has 0 aliphatic carbocycles. The smallest absolute Gasteiger partial charge is 0.219 e. The van der Waals surface area contributed by atoms with Gasteiger partial charge in [0.2, 0.25) is 5.88 Å². The van der Waals surface area contributed by atoms with E-state index in [2.05, 4.69) is 46.1 Å². The van der Waals surface area contributed by atoms with Crippen LogP contribution in [-0.2, 0) is 6.54 Å². The Bertz CT molecular complexity index is 611.